The lowest BCUT2D eigenvalue weighted by Gasteiger charge is -2.21. The second-order valence-corrected chi connectivity index (χ2v) is 9.43. The minimum absolute atomic E-state index is 0.121. The molecule has 0 radical (unpaired) electrons. The van der Waals surface area contributed by atoms with E-state index in [1.807, 2.05) is 42.5 Å². The lowest BCUT2D eigenvalue weighted by molar-refractivity contribution is 0.0795. The summed E-state index contributed by atoms with van der Waals surface area (Å²) < 4.78 is 0. The Morgan fingerprint density at radius 2 is 1.76 bits per heavy atom. The zero-order chi connectivity index (χ0) is 27.7. The molecule has 0 aliphatic carbocycles. The van der Waals surface area contributed by atoms with E-state index in [2.05, 4.69) is 29.4 Å². The predicted octanol–water partition coefficient (Wildman–Crippen LogP) is 5.40. The normalized spacial score (nSPS) is 12.0. The van der Waals surface area contributed by atoms with E-state index < -0.39 is 0 Å². The molecule has 0 unspecified atom stereocenters. The summed E-state index contributed by atoms with van der Waals surface area (Å²) in [6.07, 6.45) is 4.76. The number of rotatable bonds is 12. The fourth-order valence-corrected chi connectivity index (χ4v) is 4.25. The van der Waals surface area contributed by atoms with Crippen molar-refractivity contribution < 1.29 is 9.59 Å². The molecule has 3 rings (SSSR count). The third kappa shape index (κ3) is 6.76. The van der Waals surface area contributed by atoms with E-state index in [0.717, 1.165) is 60.7 Å². The molecular formula is C30H38N6O2. The number of hydrogen-bond acceptors (Lipinski definition) is 5. The maximum absolute atomic E-state index is 13.7. The molecule has 0 heterocycles. The number of fused-ring (bicyclic) bond motifs is 1. The van der Waals surface area contributed by atoms with Crippen molar-refractivity contribution in [3.8, 4) is 11.1 Å². The molecule has 0 spiro atoms. The van der Waals surface area contributed by atoms with Crippen molar-refractivity contribution in [2.75, 3.05) is 25.5 Å². The Kier molecular flexibility index (Phi) is 9.99. The van der Waals surface area contributed by atoms with Crippen LogP contribution in [0.15, 0.2) is 58.7 Å². The number of amides is 1. The number of unbranched alkanes of at least 4 members (excludes halogenated alkanes) is 2. The van der Waals surface area contributed by atoms with Crippen LogP contribution in [-0.4, -0.2) is 48.9 Å². The van der Waals surface area contributed by atoms with Gasteiger partial charge in [0.2, 0.25) is 0 Å². The molecule has 5 N–H and O–H groups in total. The summed E-state index contributed by atoms with van der Waals surface area (Å²) in [4.78, 5) is 27.6. The van der Waals surface area contributed by atoms with Crippen LogP contribution < -0.4 is 16.8 Å². The van der Waals surface area contributed by atoms with E-state index >= 15 is 0 Å². The van der Waals surface area contributed by atoms with Crippen molar-refractivity contribution in [3.63, 3.8) is 0 Å². The fourth-order valence-electron chi connectivity index (χ4n) is 4.25. The summed E-state index contributed by atoms with van der Waals surface area (Å²) in [5, 5.41) is 12.8. The first-order valence-electron chi connectivity index (χ1n) is 13.1. The highest BCUT2D eigenvalue weighted by Gasteiger charge is 2.20. The first kappa shape index (κ1) is 28.4. The van der Waals surface area contributed by atoms with Gasteiger partial charge in [0.25, 0.3) is 5.91 Å². The van der Waals surface area contributed by atoms with Gasteiger partial charge in [0.1, 0.15) is 5.84 Å². The van der Waals surface area contributed by atoms with Gasteiger partial charge >= 0.3 is 0 Å². The van der Waals surface area contributed by atoms with Crippen molar-refractivity contribution in [3.05, 3.63) is 65.2 Å². The molecule has 0 aliphatic rings. The van der Waals surface area contributed by atoms with Gasteiger partial charge in [-0.05, 0) is 61.2 Å². The molecule has 8 heteroatoms. The molecule has 0 aliphatic heterocycles. The molecule has 0 saturated heterocycles. The molecule has 0 fully saturated rings. The van der Waals surface area contributed by atoms with Crippen molar-refractivity contribution in [1.82, 2.24) is 4.90 Å². The van der Waals surface area contributed by atoms with Gasteiger partial charge in [0.05, 0.1) is 0 Å². The second-order valence-electron chi connectivity index (χ2n) is 9.43. The lowest BCUT2D eigenvalue weighted by atomic mass is 9.92. The molecular weight excluding hydrogens is 476 g/mol. The van der Waals surface area contributed by atoms with E-state index in [0.29, 0.717) is 34.5 Å². The van der Waals surface area contributed by atoms with Crippen LogP contribution in [0.25, 0.3) is 21.9 Å². The quantitative estimate of drug-likeness (QED) is 0.0980. The number of hydrogen-bond donors (Lipinski definition) is 3. The number of nitrogens with one attached hydrogen (secondary N) is 1. The molecule has 3 aromatic rings. The Labute approximate surface area is 224 Å². The van der Waals surface area contributed by atoms with Crippen LogP contribution in [0.5, 0.6) is 0 Å². The van der Waals surface area contributed by atoms with E-state index in [1.165, 1.54) is 0 Å². The van der Waals surface area contributed by atoms with Gasteiger partial charge in [-0.2, -0.15) is 0 Å². The summed E-state index contributed by atoms with van der Waals surface area (Å²) in [6, 6.07) is 15.2. The summed E-state index contributed by atoms with van der Waals surface area (Å²) >= 11 is 0. The SMILES string of the molecule is CCCCNc1ccc(C=O)c2c(C(=O)N(C)CCCC)cc(-c3cccc(/C(N)=N/N=C(/C)N)c3)cc12. The lowest BCUT2D eigenvalue weighted by Crippen LogP contribution is -2.28. The van der Waals surface area contributed by atoms with E-state index in [1.54, 1.807) is 24.9 Å². The maximum atomic E-state index is 13.7. The van der Waals surface area contributed by atoms with Crippen molar-refractivity contribution in [1.29, 1.82) is 0 Å². The third-order valence-corrected chi connectivity index (χ3v) is 6.35. The minimum atomic E-state index is -0.121. The zero-order valence-corrected chi connectivity index (χ0v) is 22.8. The standard InChI is InChI=1S/C30H38N6O2/c1-5-7-14-33-27-13-12-23(19-37)28-25(27)17-24(18-26(28)30(38)36(4)15-8-6-2)21-10-9-11-22(16-21)29(32)35-34-20(3)31/h9-13,16-19,33H,5-8,14-15H2,1-4H3,(H2,31,34)(H2,32,35). The van der Waals surface area contributed by atoms with Crippen molar-refractivity contribution in [2.24, 2.45) is 21.7 Å². The van der Waals surface area contributed by atoms with E-state index in [9.17, 15) is 9.59 Å². The summed E-state index contributed by atoms with van der Waals surface area (Å²) in [6.45, 7) is 7.29. The molecule has 0 bridgehead atoms. The summed E-state index contributed by atoms with van der Waals surface area (Å²) in [5.74, 6) is 0.422. The number of aldehydes is 1. The Morgan fingerprint density at radius 3 is 2.45 bits per heavy atom. The summed E-state index contributed by atoms with van der Waals surface area (Å²) in [5.41, 5.74) is 16.0. The molecule has 0 atom stereocenters. The predicted molar refractivity (Wildman–Crippen MR) is 158 cm³/mol. The molecule has 1 amide bonds. The highest BCUT2D eigenvalue weighted by atomic mass is 16.2. The topological polar surface area (TPSA) is 126 Å². The molecule has 8 nitrogen and oxygen atoms in total. The smallest absolute Gasteiger partial charge is 0.254 e. The fraction of sp³-hybridized carbons (Fsp3) is 0.333. The van der Waals surface area contributed by atoms with Crippen LogP contribution in [0.3, 0.4) is 0 Å². The number of amidine groups is 2. The minimum Gasteiger partial charge on any atom is -0.386 e. The Morgan fingerprint density at radius 1 is 1.00 bits per heavy atom. The number of benzene rings is 3. The largest absolute Gasteiger partial charge is 0.386 e. The monoisotopic (exact) mass is 514 g/mol. The molecule has 3 aromatic carbocycles. The zero-order valence-electron chi connectivity index (χ0n) is 22.8. The molecule has 38 heavy (non-hydrogen) atoms. The van der Waals surface area contributed by atoms with Crippen LogP contribution in [-0.2, 0) is 0 Å². The van der Waals surface area contributed by atoms with Crippen molar-refractivity contribution >= 4 is 40.3 Å². The number of anilines is 1. The number of nitrogens with two attached hydrogens (primary N) is 2. The van der Waals surface area contributed by atoms with E-state index in [-0.39, 0.29) is 11.7 Å². The van der Waals surface area contributed by atoms with Crippen molar-refractivity contribution in [2.45, 2.75) is 46.5 Å². The van der Waals surface area contributed by atoms with E-state index in [4.69, 9.17) is 11.5 Å². The highest BCUT2D eigenvalue weighted by Crippen LogP contribution is 2.35. The Bertz CT molecular complexity index is 1360. The Hall–Kier alpha value is -4.20. The first-order valence-corrected chi connectivity index (χ1v) is 13.1. The number of carbonyl (C=O) groups is 2. The molecule has 0 aromatic heterocycles. The van der Waals surface area contributed by atoms with Crippen LogP contribution >= 0.6 is 0 Å². The van der Waals surface area contributed by atoms with Gasteiger partial charge in [-0.1, -0.05) is 44.9 Å². The second kappa shape index (κ2) is 13.4. The maximum Gasteiger partial charge on any atom is 0.254 e. The van der Waals surface area contributed by atoms with Gasteiger partial charge < -0.3 is 21.7 Å². The number of nitrogens with zero attached hydrogens (tertiary/aromatic N) is 3. The third-order valence-electron chi connectivity index (χ3n) is 6.35. The van der Waals surface area contributed by atoms with Gasteiger partial charge in [-0.15, -0.1) is 10.2 Å². The average molecular weight is 515 g/mol. The van der Waals surface area contributed by atoms with Crippen LogP contribution in [0.4, 0.5) is 5.69 Å². The molecule has 0 saturated carbocycles. The highest BCUT2D eigenvalue weighted by molar-refractivity contribution is 6.16. The summed E-state index contributed by atoms with van der Waals surface area (Å²) in [7, 11) is 1.80. The first-order chi connectivity index (χ1) is 18.3. The average Bonchev–Trinajstić information content (AvgIpc) is 2.93. The number of carbonyl (C=O) groups excluding carboxylic acids is 2. The van der Waals surface area contributed by atoms with Gasteiger partial charge in [-0.25, -0.2) is 0 Å². The van der Waals surface area contributed by atoms with Gasteiger partial charge in [0, 0.05) is 53.3 Å². The van der Waals surface area contributed by atoms with Crippen LogP contribution in [0.2, 0.25) is 0 Å². The Balaban J connectivity index is 2.26. The van der Waals surface area contributed by atoms with Crippen LogP contribution in [0.1, 0.15) is 72.7 Å². The van der Waals surface area contributed by atoms with Crippen LogP contribution in [0, 0.1) is 0 Å². The van der Waals surface area contributed by atoms with Gasteiger partial charge in [-0.3, -0.25) is 9.59 Å². The van der Waals surface area contributed by atoms with Gasteiger partial charge in [0.15, 0.2) is 12.1 Å². The molecule has 200 valence electrons.